The van der Waals surface area contributed by atoms with Gasteiger partial charge in [-0.25, -0.2) is 9.48 Å². The van der Waals surface area contributed by atoms with Crippen molar-refractivity contribution in [2.24, 2.45) is 0 Å². The maximum atomic E-state index is 10.7. The van der Waals surface area contributed by atoms with Crippen LogP contribution in [0.5, 0.6) is 5.75 Å². The molecular formula is C12H13N3O3. The number of aromatic nitrogens is 3. The Labute approximate surface area is 104 Å². The number of methoxy groups -OCH3 is 1. The van der Waals surface area contributed by atoms with Crippen LogP contribution in [0.4, 0.5) is 0 Å². The molecule has 6 nitrogen and oxygen atoms in total. The van der Waals surface area contributed by atoms with Gasteiger partial charge in [0, 0.05) is 0 Å². The molecular weight excluding hydrogens is 234 g/mol. The first-order valence-corrected chi connectivity index (χ1v) is 5.41. The molecule has 94 valence electrons. The van der Waals surface area contributed by atoms with E-state index in [0.29, 0.717) is 0 Å². The van der Waals surface area contributed by atoms with Crippen molar-refractivity contribution in [3.8, 4) is 5.75 Å². The molecule has 0 saturated carbocycles. The Hall–Kier alpha value is -2.37. The van der Waals surface area contributed by atoms with Crippen LogP contribution in [0.3, 0.4) is 0 Å². The van der Waals surface area contributed by atoms with Gasteiger partial charge in [-0.15, -0.1) is 5.10 Å². The summed E-state index contributed by atoms with van der Waals surface area (Å²) in [6, 6.07) is 7.43. The highest BCUT2D eigenvalue weighted by molar-refractivity contribution is 5.84. The van der Waals surface area contributed by atoms with E-state index in [0.717, 1.165) is 11.3 Å². The number of aromatic carboxylic acids is 1. The van der Waals surface area contributed by atoms with Crippen molar-refractivity contribution in [3.05, 3.63) is 41.7 Å². The highest BCUT2D eigenvalue weighted by atomic mass is 16.5. The lowest BCUT2D eigenvalue weighted by atomic mass is 10.1. The number of hydrogen-bond acceptors (Lipinski definition) is 4. The van der Waals surface area contributed by atoms with Gasteiger partial charge in [-0.2, -0.15) is 0 Å². The summed E-state index contributed by atoms with van der Waals surface area (Å²) in [4.78, 5) is 10.7. The molecule has 0 radical (unpaired) electrons. The van der Waals surface area contributed by atoms with Gasteiger partial charge in [0.1, 0.15) is 5.75 Å². The van der Waals surface area contributed by atoms with Crippen molar-refractivity contribution in [1.82, 2.24) is 15.0 Å². The molecule has 0 aliphatic carbocycles. The largest absolute Gasteiger partial charge is 0.497 e. The van der Waals surface area contributed by atoms with E-state index in [1.54, 1.807) is 7.11 Å². The molecule has 0 fully saturated rings. The predicted molar refractivity (Wildman–Crippen MR) is 63.8 cm³/mol. The van der Waals surface area contributed by atoms with Crippen molar-refractivity contribution < 1.29 is 14.6 Å². The van der Waals surface area contributed by atoms with Crippen LogP contribution in [0.2, 0.25) is 0 Å². The number of nitrogens with zero attached hydrogens (tertiary/aromatic N) is 3. The fraction of sp³-hybridized carbons (Fsp3) is 0.250. The fourth-order valence-electron chi connectivity index (χ4n) is 1.60. The molecule has 1 unspecified atom stereocenters. The van der Waals surface area contributed by atoms with E-state index >= 15 is 0 Å². The van der Waals surface area contributed by atoms with Crippen LogP contribution in [0.1, 0.15) is 29.0 Å². The maximum Gasteiger partial charge on any atom is 0.358 e. The topological polar surface area (TPSA) is 77.2 Å². The molecule has 2 aromatic rings. The number of rotatable bonds is 4. The molecule has 0 bridgehead atoms. The van der Waals surface area contributed by atoms with Crippen molar-refractivity contribution in [2.45, 2.75) is 13.0 Å². The van der Waals surface area contributed by atoms with Gasteiger partial charge < -0.3 is 9.84 Å². The quantitative estimate of drug-likeness (QED) is 0.887. The molecule has 1 aromatic heterocycles. The molecule has 2 rings (SSSR count). The van der Waals surface area contributed by atoms with Crippen molar-refractivity contribution in [1.29, 1.82) is 0 Å². The average molecular weight is 247 g/mol. The van der Waals surface area contributed by atoms with Gasteiger partial charge in [-0.05, 0) is 24.6 Å². The first-order chi connectivity index (χ1) is 8.61. The van der Waals surface area contributed by atoms with Gasteiger partial charge in [-0.3, -0.25) is 0 Å². The summed E-state index contributed by atoms with van der Waals surface area (Å²) in [5.74, 6) is -0.307. The number of carboxylic acid groups (broad SMARTS) is 1. The first-order valence-electron chi connectivity index (χ1n) is 5.41. The second-order valence-corrected chi connectivity index (χ2v) is 3.84. The van der Waals surface area contributed by atoms with E-state index in [2.05, 4.69) is 10.3 Å². The zero-order chi connectivity index (χ0) is 13.1. The molecule has 1 aromatic carbocycles. The molecule has 18 heavy (non-hydrogen) atoms. The summed E-state index contributed by atoms with van der Waals surface area (Å²) in [6.45, 7) is 1.92. The summed E-state index contributed by atoms with van der Waals surface area (Å²) in [7, 11) is 1.61. The molecule has 1 atom stereocenters. The first kappa shape index (κ1) is 12.1. The van der Waals surface area contributed by atoms with E-state index in [1.807, 2.05) is 31.2 Å². The average Bonchev–Trinajstić information content (AvgIpc) is 2.88. The van der Waals surface area contributed by atoms with E-state index < -0.39 is 5.97 Å². The number of ether oxygens (including phenoxy) is 1. The van der Waals surface area contributed by atoms with E-state index in [1.165, 1.54) is 10.9 Å². The Morgan fingerprint density at radius 1 is 1.39 bits per heavy atom. The lowest BCUT2D eigenvalue weighted by Gasteiger charge is -2.11. The molecule has 1 N–H and O–H groups in total. The summed E-state index contributed by atoms with van der Waals surface area (Å²) >= 11 is 0. The standard InChI is InChI=1S/C12H13N3O3/c1-8(9-3-5-10(18-2)6-4-9)15-7-11(12(16)17)13-14-15/h3-8H,1-2H3,(H,16,17). The SMILES string of the molecule is COc1ccc(C(C)n2cc(C(=O)O)nn2)cc1. The number of carboxylic acids is 1. The Kier molecular flexibility index (Phi) is 3.27. The minimum Gasteiger partial charge on any atom is -0.497 e. The Morgan fingerprint density at radius 3 is 2.56 bits per heavy atom. The lowest BCUT2D eigenvalue weighted by Crippen LogP contribution is -2.07. The van der Waals surface area contributed by atoms with Crippen LogP contribution in [0, 0.1) is 0 Å². The molecule has 6 heteroatoms. The van der Waals surface area contributed by atoms with Crippen LogP contribution in [0.25, 0.3) is 0 Å². The minimum atomic E-state index is -1.08. The molecule has 1 heterocycles. The highest BCUT2D eigenvalue weighted by Crippen LogP contribution is 2.20. The molecule has 0 aliphatic rings. The van der Waals surface area contributed by atoms with Gasteiger partial charge in [-0.1, -0.05) is 17.3 Å². The molecule has 0 saturated heterocycles. The van der Waals surface area contributed by atoms with Gasteiger partial charge in [0.2, 0.25) is 0 Å². The molecule has 0 amide bonds. The summed E-state index contributed by atoms with van der Waals surface area (Å²) < 4.78 is 6.60. The zero-order valence-electron chi connectivity index (χ0n) is 10.1. The van der Waals surface area contributed by atoms with Gasteiger partial charge in [0.25, 0.3) is 0 Å². The van der Waals surface area contributed by atoms with Crippen molar-refractivity contribution in [3.63, 3.8) is 0 Å². The van der Waals surface area contributed by atoms with E-state index in [-0.39, 0.29) is 11.7 Å². The van der Waals surface area contributed by atoms with Crippen molar-refractivity contribution in [2.75, 3.05) is 7.11 Å². The van der Waals surface area contributed by atoms with Crippen LogP contribution < -0.4 is 4.74 Å². The number of hydrogen-bond donors (Lipinski definition) is 1. The highest BCUT2D eigenvalue weighted by Gasteiger charge is 2.13. The van der Waals surface area contributed by atoms with Crippen LogP contribution in [-0.2, 0) is 0 Å². The van der Waals surface area contributed by atoms with Gasteiger partial charge in [0.15, 0.2) is 5.69 Å². The number of benzene rings is 1. The summed E-state index contributed by atoms with van der Waals surface area (Å²) in [5, 5.41) is 16.2. The van der Waals surface area contributed by atoms with E-state index in [9.17, 15) is 4.79 Å². The fourth-order valence-corrected chi connectivity index (χ4v) is 1.60. The molecule has 0 spiro atoms. The zero-order valence-corrected chi connectivity index (χ0v) is 10.1. The second-order valence-electron chi connectivity index (χ2n) is 3.84. The van der Waals surface area contributed by atoms with Gasteiger partial charge in [0.05, 0.1) is 19.3 Å². The maximum absolute atomic E-state index is 10.7. The Bertz CT molecular complexity index is 548. The monoisotopic (exact) mass is 247 g/mol. The van der Waals surface area contributed by atoms with Crippen LogP contribution >= 0.6 is 0 Å². The number of carbonyl (C=O) groups is 1. The third-order valence-corrected chi connectivity index (χ3v) is 2.72. The lowest BCUT2D eigenvalue weighted by molar-refractivity contribution is 0.0690. The Balaban J connectivity index is 2.23. The smallest absolute Gasteiger partial charge is 0.358 e. The normalized spacial score (nSPS) is 12.1. The predicted octanol–water partition coefficient (Wildman–Crippen LogP) is 1.59. The van der Waals surface area contributed by atoms with Gasteiger partial charge >= 0.3 is 5.97 Å². The van der Waals surface area contributed by atoms with Crippen LogP contribution in [0.15, 0.2) is 30.5 Å². The third kappa shape index (κ3) is 2.32. The third-order valence-electron chi connectivity index (χ3n) is 2.72. The summed E-state index contributed by atoms with van der Waals surface area (Å²) in [6.07, 6.45) is 1.41. The van der Waals surface area contributed by atoms with Crippen LogP contribution in [-0.4, -0.2) is 33.2 Å². The Morgan fingerprint density at radius 2 is 2.06 bits per heavy atom. The second kappa shape index (κ2) is 4.87. The van der Waals surface area contributed by atoms with E-state index in [4.69, 9.17) is 9.84 Å². The molecule has 0 aliphatic heterocycles. The summed E-state index contributed by atoms with van der Waals surface area (Å²) in [5.41, 5.74) is 0.938. The minimum absolute atomic E-state index is 0.0599. The van der Waals surface area contributed by atoms with Crippen molar-refractivity contribution >= 4 is 5.97 Å².